The van der Waals surface area contributed by atoms with E-state index in [1.165, 1.54) is 4.90 Å². The molecule has 0 radical (unpaired) electrons. The van der Waals surface area contributed by atoms with Crippen LogP contribution in [0.3, 0.4) is 0 Å². The number of carbonyl (C=O) groups is 2. The van der Waals surface area contributed by atoms with Crippen LogP contribution in [0.1, 0.15) is 25.8 Å². The predicted octanol–water partition coefficient (Wildman–Crippen LogP) is 2.51. The summed E-state index contributed by atoms with van der Waals surface area (Å²) in [6.07, 6.45) is 2.98. The minimum atomic E-state index is -0.357. The number of aromatic amines is 1. The molecule has 1 N–H and O–H groups in total. The van der Waals surface area contributed by atoms with Crippen LogP contribution in [0, 0.1) is 0 Å². The average molecular weight is 302 g/mol. The van der Waals surface area contributed by atoms with Crippen molar-refractivity contribution in [3.63, 3.8) is 0 Å². The van der Waals surface area contributed by atoms with Crippen molar-refractivity contribution in [3.05, 3.63) is 36.0 Å². The van der Waals surface area contributed by atoms with Gasteiger partial charge in [0.05, 0.1) is 6.61 Å². The Morgan fingerprint density at radius 1 is 1.23 bits per heavy atom. The van der Waals surface area contributed by atoms with Crippen molar-refractivity contribution in [1.82, 2.24) is 9.88 Å². The highest BCUT2D eigenvalue weighted by Gasteiger charge is 2.16. The maximum absolute atomic E-state index is 12.3. The van der Waals surface area contributed by atoms with Crippen molar-refractivity contribution in [2.24, 2.45) is 0 Å². The largest absolute Gasteiger partial charge is 0.465 e. The van der Waals surface area contributed by atoms with Gasteiger partial charge in [-0.1, -0.05) is 18.2 Å². The molecule has 2 aromatic rings. The van der Waals surface area contributed by atoms with Crippen molar-refractivity contribution < 1.29 is 14.3 Å². The van der Waals surface area contributed by atoms with E-state index in [9.17, 15) is 9.59 Å². The van der Waals surface area contributed by atoms with Crippen molar-refractivity contribution in [1.29, 1.82) is 0 Å². The number of H-pyrrole nitrogens is 1. The zero-order chi connectivity index (χ0) is 15.9. The van der Waals surface area contributed by atoms with Crippen LogP contribution in [0.2, 0.25) is 0 Å². The second-order valence-electron chi connectivity index (χ2n) is 5.07. The van der Waals surface area contributed by atoms with Crippen molar-refractivity contribution >= 4 is 22.8 Å². The molecule has 0 unspecified atom stereocenters. The molecule has 0 spiro atoms. The Hall–Kier alpha value is -2.30. The number of nitrogens with one attached hydrogen (secondary N) is 1. The second-order valence-corrected chi connectivity index (χ2v) is 5.07. The number of likely N-dealkylation sites (N-methyl/N-ethyl adjacent to an activating group) is 1. The summed E-state index contributed by atoms with van der Waals surface area (Å²) in [5.41, 5.74) is 2.19. The van der Waals surface area contributed by atoms with Crippen LogP contribution in [-0.4, -0.2) is 41.5 Å². The molecule has 5 nitrogen and oxygen atoms in total. The first-order valence-electron chi connectivity index (χ1n) is 7.64. The smallest absolute Gasteiger partial charge is 0.325 e. The molecule has 0 atom stereocenters. The van der Waals surface area contributed by atoms with E-state index in [0.717, 1.165) is 16.5 Å². The summed E-state index contributed by atoms with van der Waals surface area (Å²) >= 11 is 0. The highest BCUT2D eigenvalue weighted by Crippen LogP contribution is 2.19. The summed E-state index contributed by atoms with van der Waals surface area (Å²) in [6.45, 7) is 4.48. The number of aryl methyl sites for hydroxylation is 1. The zero-order valence-electron chi connectivity index (χ0n) is 13.1. The summed E-state index contributed by atoms with van der Waals surface area (Å²) in [5.74, 6) is -0.384. The van der Waals surface area contributed by atoms with Gasteiger partial charge in [0.25, 0.3) is 0 Å². The molecule has 1 aromatic heterocycles. The first-order chi connectivity index (χ1) is 10.7. The Morgan fingerprint density at radius 2 is 2.00 bits per heavy atom. The fourth-order valence-electron chi connectivity index (χ4n) is 2.48. The number of ether oxygens (including phenoxy) is 1. The Bertz CT molecular complexity index is 648. The fraction of sp³-hybridized carbons (Fsp3) is 0.412. The van der Waals surface area contributed by atoms with Crippen LogP contribution in [0.15, 0.2) is 30.5 Å². The van der Waals surface area contributed by atoms with Gasteiger partial charge in [0.1, 0.15) is 6.54 Å². The molecule has 1 heterocycles. The van der Waals surface area contributed by atoms with Crippen LogP contribution in [0.4, 0.5) is 0 Å². The summed E-state index contributed by atoms with van der Waals surface area (Å²) < 4.78 is 4.89. The number of fused-ring (bicyclic) bond motifs is 1. The van der Waals surface area contributed by atoms with Gasteiger partial charge in [-0.15, -0.1) is 0 Å². The number of para-hydroxylation sites is 1. The molecule has 0 saturated carbocycles. The standard InChI is InChI=1S/C17H22N2O3/c1-3-19(12-17(21)22-4-2)16(20)10-9-13-11-18-15-8-6-5-7-14(13)15/h5-8,11,18H,3-4,9-10,12H2,1-2H3. The molecular formula is C17H22N2O3. The molecule has 1 amide bonds. The Balaban J connectivity index is 1.94. The number of nitrogens with zero attached hydrogens (tertiary/aromatic N) is 1. The topological polar surface area (TPSA) is 62.4 Å². The molecule has 5 heteroatoms. The van der Waals surface area contributed by atoms with E-state index in [1.807, 2.05) is 37.4 Å². The van der Waals surface area contributed by atoms with Gasteiger partial charge in [0.2, 0.25) is 5.91 Å². The maximum atomic E-state index is 12.3. The number of amides is 1. The summed E-state index contributed by atoms with van der Waals surface area (Å²) in [4.78, 5) is 28.5. The molecule has 0 bridgehead atoms. The Morgan fingerprint density at radius 3 is 2.73 bits per heavy atom. The number of benzene rings is 1. The van der Waals surface area contributed by atoms with Crippen molar-refractivity contribution in [3.8, 4) is 0 Å². The van der Waals surface area contributed by atoms with Crippen molar-refractivity contribution in [2.45, 2.75) is 26.7 Å². The van der Waals surface area contributed by atoms with Crippen LogP contribution in [0.5, 0.6) is 0 Å². The quantitative estimate of drug-likeness (QED) is 0.799. The van der Waals surface area contributed by atoms with Gasteiger partial charge in [0, 0.05) is 30.1 Å². The summed E-state index contributed by atoms with van der Waals surface area (Å²) in [5, 5.41) is 1.14. The lowest BCUT2D eigenvalue weighted by atomic mass is 10.1. The summed E-state index contributed by atoms with van der Waals surface area (Å²) in [7, 11) is 0. The van der Waals surface area contributed by atoms with E-state index in [0.29, 0.717) is 26.0 Å². The van der Waals surface area contributed by atoms with Gasteiger partial charge in [0.15, 0.2) is 0 Å². The predicted molar refractivity (Wildman–Crippen MR) is 85.5 cm³/mol. The SMILES string of the molecule is CCOC(=O)CN(CC)C(=O)CCc1c[nH]c2ccccc12. The highest BCUT2D eigenvalue weighted by atomic mass is 16.5. The molecule has 0 aliphatic rings. The Kier molecular flexibility index (Phi) is 5.58. The maximum Gasteiger partial charge on any atom is 0.325 e. The first-order valence-corrected chi connectivity index (χ1v) is 7.64. The third-order valence-corrected chi connectivity index (χ3v) is 3.64. The minimum Gasteiger partial charge on any atom is -0.465 e. The third kappa shape index (κ3) is 3.87. The molecule has 0 aliphatic heterocycles. The lowest BCUT2D eigenvalue weighted by Crippen LogP contribution is -2.36. The lowest BCUT2D eigenvalue weighted by Gasteiger charge is -2.19. The van der Waals surface area contributed by atoms with Gasteiger partial charge in [-0.05, 0) is 31.9 Å². The van der Waals surface area contributed by atoms with Gasteiger partial charge in [-0.2, -0.15) is 0 Å². The van der Waals surface area contributed by atoms with Crippen LogP contribution in [-0.2, 0) is 20.7 Å². The van der Waals surface area contributed by atoms with Crippen LogP contribution >= 0.6 is 0 Å². The van der Waals surface area contributed by atoms with Gasteiger partial charge in [-0.25, -0.2) is 0 Å². The number of hydrogen-bond acceptors (Lipinski definition) is 3. The number of rotatable bonds is 7. The van der Waals surface area contributed by atoms with E-state index in [4.69, 9.17) is 4.74 Å². The minimum absolute atomic E-state index is 0.0249. The first kappa shape index (κ1) is 16.1. The van der Waals surface area contributed by atoms with Gasteiger partial charge in [-0.3, -0.25) is 9.59 Å². The normalized spacial score (nSPS) is 10.6. The molecular weight excluding hydrogens is 280 g/mol. The monoisotopic (exact) mass is 302 g/mol. The van der Waals surface area contributed by atoms with Gasteiger partial charge < -0.3 is 14.6 Å². The fourth-order valence-corrected chi connectivity index (χ4v) is 2.48. The molecule has 0 aliphatic carbocycles. The van der Waals surface area contributed by atoms with E-state index in [1.54, 1.807) is 6.92 Å². The molecule has 118 valence electrons. The summed E-state index contributed by atoms with van der Waals surface area (Å²) in [6, 6.07) is 8.02. The number of aromatic nitrogens is 1. The average Bonchev–Trinajstić information content (AvgIpc) is 2.94. The second kappa shape index (κ2) is 7.64. The molecule has 2 rings (SSSR count). The van der Waals surface area contributed by atoms with Gasteiger partial charge >= 0.3 is 5.97 Å². The van der Waals surface area contributed by atoms with Crippen molar-refractivity contribution in [2.75, 3.05) is 19.7 Å². The van der Waals surface area contributed by atoms with E-state index < -0.39 is 0 Å². The van der Waals surface area contributed by atoms with E-state index >= 15 is 0 Å². The zero-order valence-corrected chi connectivity index (χ0v) is 13.1. The lowest BCUT2D eigenvalue weighted by molar-refractivity contribution is -0.148. The molecule has 0 fully saturated rings. The number of carbonyl (C=O) groups excluding carboxylic acids is 2. The number of hydrogen-bond donors (Lipinski definition) is 1. The van der Waals surface area contributed by atoms with Crippen LogP contribution < -0.4 is 0 Å². The van der Waals surface area contributed by atoms with Crippen LogP contribution in [0.25, 0.3) is 10.9 Å². The molecule has 22 heavy (non-hydrogen) atoms. The number of esters is 1. The molecule has 1 aromatic carbocycles. The highest BCUT2D eigenvalue weighted by molar-refractivity contribution is 5.85. The van der Waals surface area contributed by atoms with E-state index in [2.05, 4.69) is 4.98 Å². The Labute approximate surface area is 130 Å². The van der Waals surface area contributed by atoms with E-state index in [-0.39, 0.29) is 18.4 Å². The third-order valence-electron chi connectivity index (χ3n) is 3.64. The molecule has 0 saturated heterocycles.